The summed E-state index contributed by atoms with van der Waals surface area (Å²) in [6, 6.07) is 22.2. The fourth-order valence-electron chi connectivity index (χ4n) is 1.92. The zero-order valence-electron chi connectivity index (χ0n) is 13.6. The number of benzene rings is 2. The molecule has 0 saturated carbocycles. The van der Waals surface area contributed by atoms with Crippen molar-refractivity contribution in [2.24, 2.45) is 4.99 Å². The molecule has 0 aliphatic heterocycles. The number of aromatic hydroxyl groups is 1. The predicted molar refractivity (Wildman–Crippen MR) is 94.9 cm³/mol. The second kappa shape index (κ2) is 10.5. The topological polar surface area (TPSA) is 45.5 Å². The fraction of sp³-hybridized carbons (Fsp3) is 0.100. The standard InChI is InChI=1S/C12H10N.C8H9NO.Ir/c1-10-5-7-11(8-6-10)12-4-2-3-9-13-12;1-9-6-7-4-2-3-5-8(7)10;/h2-7,9H,1H3;2-6,10H,1H3;/q-1;;. The van der Waals surface area contributed by atoms with Crippen LogP contribution in [0.15, 0.2) is 71.9 Å². The Hall–Kier alpha value is -2.29. The summed E-state index contributed by atoms with van der Waals surface area (Å²) in [5, 5.41) is 9.15. The maximum absolute atomic E-state index is 9.15. The molecule has 24 heavy (non-hydrogen) atoms. The Morgan fingerprint density at radius 3 is 2.38 bits per heavy atom. The largest absolute Gasteiger partial charge is 0.507 e. The van der Waals surface area contributed by atoms with Gasteiger partial charge in [0.2, 0.25) is 0 Å². The molecule has 3 rings (SSSR count). The molecule has 4 heteroatoms. The van der Waals surface area contributed by atoms with Crippen molar-refractivity contribution in [3.05, 3.63) is 84.1 Å². The molecule has 1 N–H and O–H groups in total. The van der Waals surface area contributed by atoms with E-state index in [-0.39, 0.29) is 25.9 Å². The molecule has 1 heterocycles. The molecule has 0 unspecified atom stereocenters. The molecule has 0 amide bonds. The molecule has 0 aliphatic rings. The van der Waals surface area contributed by atoms with Crippen LogP contribution in [0, 0.1) is 13.0 Å². The molecule has 0 saturated heterocycles. The zero-order valence-corrected chi connectivity index (χ0v) is 16.0. The van der Waals surface area contributed by atoms with Gasteiger partial charge in [0.25, 0.3) is 0 Å². The van der Waals surface area contributed by atoms with Crippen LogP contribution in [0.5, 0.6) is 5.75 Å². The molecular formula is C20H19IrN2O-. The summed E-state index contributed by atoms with van der Waals surface area (Å²) in [5.41, 5.74) is 4.00. The smallest absolute Gasteiger partial charge is 0.124 e. The second-order valence-electron chi connectivity index (χ2n) is 4.94. The third-order valence-electron chi connectivity index (χ3n) is 3.11. The first-order valence-corrected chi connectivity index (χ1v) is 7.30. The van der Waals surface area contributed by atoms with Gasteiger partial charge in [-0.25, -0.2) is 0 Å². The van der Waals surface area contributed by atoms with E-state index < -0.39 is 0 Å². The van der Waals surface area contributed by atoms with E-state index in [1.165, 1.54) is 5.56 Å². The van der Waals surface area contributed by atoms with Crippen LogP contribution in [-0.2, 0) is 20.1 Å². The van der Waals surface area contributed by atoms with Crippen molar-refractivity contribution in [2.45, 2.75) is 6.92 Å². The van der Waals surface area contributed by atoms with E-state index in [0.717, 1.165) is 16.8 Å². The molecule has 1 aromatic heterocycles. The van der Waals surface area contributed by atoms with Gasteiger partial charge in [-0.15, -0.1) is 35.4 Å². The molecule has 3 aromatic rings. The minimum absolute atomic E-state index is 0. The van der Waals surface area contributed by atoms with Gasteiger partial charge in [-0.2, -0.15) is 0 Å². The molecule has 0 aliphatic carbocycles. The van der Waals surface area contributed by atoms with Gasteiger partial charge >= 0.3 is 0 Å². The van der Waals surface area contributed by atoms with Crippen LogP contribution in [0.4, 0.5) is 0 Å². The van der Waals surface area contributed by atoms with Crippen LogP contribution < -0.4 is 0 Å². The Labute approximate surface area is 156 Å². The molecule has 2 aromatic carbocycles. The van der Waals surface area contributed by atoms with Gasteiger partial charge < -0.3 is 10.1 Å². The van der Waals surface area contributed by atoms with Crippen molar-refractivity contribution in [3.63, 3.8) is 0 Å². The predicted octanol–water partition coefficient (Wildman–Crippen LogP) is 4.30. The Kier molecular flexibility index (Phi) is 8.62. The summed E-state index contributed by atoms with van der Waals surface area (Å²) >= 11 is 0. The Balaban J connectivity index is 0.000000238. The van der Waals surface area contributed by atoms with Gasteiger partial charge in [0, 0.05) is 45.1 Å². The summed E-state index contributed by atoms with van der Waals surface area (Å²) < 4.78 is 0. The molecule has 0 fully saturated rings. The first-order valence-electron chi connectivity index (χ1n) is 7.30. The van der Waals surface area contributed by atoms with Crippen molar-refractivity contribution in [1.29, 1.82) is 0 Å². The second-order valence-corrected chi connectivity index (χ2v) is 4.94. The molecule has 1 radical (unpaired) electrons. The van der Waals surface area contributed by atoms with E-state index >= 15 is 0 Å². The summed E-state index contributed by atoms with van der Waals surface area (Å²) in [7, 11) is 1.67. The van der Waals surface area contributed by atoms with Crippen molar-refractivity contribution in [1.82, 2.24) is 4.98 Å². The van der Waals surface area contributed by atoms with E-state index in [9.17, 15) is 0 Å². The number of pyridine rings is 1. The Morgan fingerprint density at radius 2 is 1.79 bits per heavy atom. The average Bonchev–Trinajstić information content (AvgIpc) is 2.59. The van der Waals surface area contributed by atoms with E-state index in [1.807, 2.05) is 42.5 Å². The summed E-state index contributed by atoms with van der Waals surface area (Å²) in [4.78, 5) is 8.03. The van der Waals surface area contributed by atoms with Crippen molar-refractivity contribution >= 4 is 6.21 Å². The van der Waals surface area contributed by atoms with Crippen molar-refractivity contribution < 1.29 is 25.2 Å². The van der Waals surface area contributed by atoms with Gasteiger partial charge in [0.1, 0.15) is 5.75 Å². The first-order chi connectivity index (χ1) is 11.2. The van der Waals surface area contributed by atoms with Crippen LogP contribution in [0.2, 0.25) is 0 Å². The minimum atomic E-state index is 0. The van der Waals surface area contributed by atoms with Crippen LogP contribution in [-0.4, -0.2) is 23.4 Å². The fourth-order valence-corrected chi connectivity index (χ4v) is 1.92. The molecule has 0 spiro atoms. The number of para-hydroxylation sites is 1. The minimum Gasteiger partial charge on any atom is -0.507 e. The van der Waals surface area contributed by atoms with E-state index in [4.69, 9.17) is 5.11 Å². The van der Waals surface area contributed by atoms with Gasteiger partial charge in [-0.3, -0.25) is 4.99 Å². The molecule has 0 atom stereocenters. The Bertz CT molecular complexity index is 756. The van der Waals surface area contributed by atoms with Crippen LogP contribution in [0.1, 0.15) is 11.1 Å². The summed E-state index contributed by atoms with van der Waals surface area (Å²) in [6.07, 6.45) is 3.42. The van der Waals surface area contributed by atoms with Crippen LogP contribution in [0.3, 0.4) is 0 Å². The first kappa shape index (κ1) is 19.8. The third kappa shape index (κ3) is 6.07. The van der Waals surface area contributed by atoms with Gasteiger partial charge in [0.15, 0.2) is 0 Å². The average molecular weight is 496 g/mol. The maximum atomic E-state index is 9.15. The maximum Gasteiger partial charge on any atom is 0.124 e. The zero-order chi connectivity index (χ0) is 16.5. The number of aromatic nitrogens is 1. The van der Waals surface area contributed by atoms with Crippen molar-refractivity contribution in [2.75, 3.05) is 7.05 Å². The quantitative estimate of drug-likeness (QED) is 0.426. The third-order valence-corrected chi connectivity index (χ3v) is 3.11. The SMILES string of the molecule is CN=Cc1ccccc1O.Cc1c[c-]c(-c2ccccn2)cc1.[Ir]. The van der Waals surface area contributed by atoms with Crippen molar-refractivity contribution in [3.8, 4) is 17.0 Å². The molecule has 125 valence electrons. The molecular weight excluding hydrogens is 476 g/mol. The number of rotatable bonds is 2. The van der Waals surface area contributed by atoms with E-state index in [1.54, 1.807) is 31.6 Å². The number of hydrogen-bond donors (Lipinski definition) is 1. The number of phenolic OH excluding ortho intramolecular Hbond substituents is 1. The van der Waals surface area contributed by atoms with Gasteiger partial charge in [-0.1, -0.05) is 31.2 Å². The van der Waals surface area contributed by atoms with Gasteiger partial charge in [0.05, 0.1) is 0 Å². The summed E-state index contributed by atoms with van der Waals surface area (Å²) in [5.74, 6) is 0.271. The Morgan fingerprint density at radius 1 is 1.04 bits per heavy atom. The van der Waals surface area contributed by atoms with Crippen LogP contribution >= 0.6 is 0 Å². The molecule has 3 nitrogen and oxygen atoms in total. The number of nitrogens with zero attached hydrogens (tertiary/aromatic N) is 2. The van der Waals surface area contributed by atoms with Gasteiger partial charge in [-0.05, 0) is 23.9 Å². The number of hydrogen-bond acceptors (Lipinski definition) is 3. The number of aryl methyl sites for hydroxylation is 1. The van der Waals surface area contributed by atoms with E-state index in [0.29, 0.717) is 0 Å². The van der Waals surface area contributed by atoms with Crippen LogP contribution in [0.25, 0.3) is 11.3 Å². The number of aliphatic imine (C=N–C) groups is 1. The molecule has 0 bridgehead atoms. The number of phenols is 1. The summed E-state index contributed by atoms with van der Waals surface area (Å²) in [6.45, 7) is 2.05. The monoisotopic (exact) mass is 496 g/mol. The normalized spacial score (nSPS) is 9.75. The van der Waals surface area contributed by atoms with E-state index in [2.05, 4.69) is 29.0 Å².